The smallest absolute Gasteiger partial charge is 0.208 e. The normalized spacial score (nSPS) is 11.9. The fourth-order valence-electron chi connectivity index (χ4n) is 2.64. The predicted molar refractivity (Wildman–Crippen MR) is 104 cm³/mol. The summed E-state index contributed by atoms with van der Waals surface area (Å²) in [5.74, 6) is -1.11. The van der Waals surface area contributed by atoms with Gasteiger partial charge in [0.2, 0.25) is 11.5 Å². The van der Waals surface area contributed by atoms with E-state index >= 15 is 0 Å². The van der Waals surface area contributed by atoms with E-state index in [0.717, 1.165) is 7.11 Å². The van der Waals surface area contributed by atoms with Crippen LogP contribution in [0.4, 0.5) is 0 Å². The Morgan fingerprint density at radius 3 is 1.59 bits per heavy atom. The van der Waals surface area contributed by atoms with Crippen LogP contribution in [0.25, 0.3) is 12.2 Å². The van der Waals surface area contributed by atoms with Gasteiger partial charge in [-0.1, -0.05) is 12.2 Å². The fourth-order valence-corrected chi connectivity index (χ4v) is 3.45. The molecule has 2 aromatic carbocycles. The van der Waals surface area contributed by atoms with Crippen molar-refractivity contribution in [1.82, 2.24) is 0 Å². The summed E-state index contributed by atoms with van der Waals surface area (Å²) in [5, 5.41) is 0. The Morgan fingerprint density at radius 2 is 1.16 bits per heavy atom. The average Bonchev–Trinajstić information content (AvgIpc) is 2.71. The highest BCUT2D eigenvalue weighted by Gasteiger charge is 2.19. The van der Waals surface area contributed by atoms with Crippen molar-refractivity contribution in [1.29, 1.82) is 0 Å². The summed E-state index contributed by atoms with van der Waals surface area (Å²) in [6, 6.07) is 5.57. The van der Waals surface area contributed by atoms with Gasteiger partial charge in [-0.3, -0.25) is 0 Å². The van der Waals surface area contributed by atoms with Gasteiger partial charge in [0.15, 0.2) is 23.0 Å². The topological polar surface area (TPSA) is 182 Å². The number of benzene rings is 2. The van der Waals surface area contributed by atoms with Crippen LogP contribution >= 0.6 is 15.6 Å². The second-order valence-electron chi connectivity index (χ2n) is 5.88. The zero-order valence-electron chi connectivity index (χ0n) is 17.3. The number of ether oxygens (including phenoxy) is 4. The van der Waals surface area contributed by atoms with Crippen molar-refractivity contribution >= 4 is 27.8 Å². The molecule has 176 valence electrons. The number of phosphoric ester groups is 2. The third kappa shape index (κ3) is 6.64. The zero-order chi connectivity index (χ0) is 24.1. The fraction of sp³-hybridized carbons (Fsp3) is 0.222. The van der Waals surface area contributed by atoms with Crippen LogP contribution in [0.1, 0.15) is 11.1 Å². The van der Waals surface area contributed by atoms with Gasteiger partial charge in [0.05, 0.1) is 28.4 Å². The number of rotatable bonds is 10. The Balaban J connectivity index is 2.65. The molecule has 0 bridgehead atoms. The van der Waals surface area contributed by atoms with Gasteiger partial charge >= 0.3 is 0 Å². The number of phosphoric acid groups is 2. The van der Waals surface area contributed by atoms with Gasteiger partial charge < -0.3 is 56.7 Å². The van der Waals surface area contributed by atoms with E-state index in [9.17, 15) is 28.7 Å². The molecule has 0 aliphatic rings. The van der Waals surface area contributed by atoms with Crippen LogP contribution in [0.2, 0.25) is 0 Å². The molecule has 2 rings (SSSR count). The maximum absolute atomic E-state index is 11.2. The van der Waals surface area contributed by atoms with Gasteiger partial charge in [0, 0.05) is 5.56 Å². The number of hydrogen-bond acceptors (Lipinski definition) is 12. The van der Waals surface area contributed by atoms with Crippen molar-refractivity contribution in [2.75, 3.05) is 28.4 Å². The molecule has 0 aromatic heterocycles. The van der Waals surface area contributed by atoms with Crippen LogP contribution < -0.4 is 47.6 Å². The molecule has 0 heterocycles. The summed E-state index contributed by atoms with van der Waals surface area (Å²) in [4.78, 5) is 44.7. The van der Waals surface area contributed by atoms with E-state index in [1.807, 2.05) is 0 Å². The first-order valence-electron chi connectivity index (χ1n) is 8.54. The molecular weight excluding hydrogens is 470 g/mol. The van der Waals surface area contributed by atoms with Crippen molar-refractivity contribution in [3.63, 3.8) is 0 Å². The van der Waals surface area contributed by atoms with E-state index in [1.165, 1.54) is 45.6 Å². The Hall–Kier alpha value is -2.72. The molecule has 0 N–H and O–H groups in total. The van der Waals surface area contributed by atoms with Crippen LogP contribution in [0.5, 0.6) is 34.5 Å². The minimum absolute atomic E-state index is 0.116. The van der Waals surface area contributed by atoms with Crippen LogP contribution in [-0.4, -0.2) is 28.4 Å². The van der Waals surface area contributed by atoms with Gasteiger partial charge in [-0.05, 0) is 29.8 Å². The molecule has 0 unspecified atom stereocenters. The highest BCUT2D eigenvalue weighted by Crippen LogP contribution is 2.49. The van der Waals surface area contributed by atoms with Gasteiger partial charge in [-0.15, -0.1) is 0 Å². The molecule has 0 fully saturated rings. The van der Waals surface area contributed by atoms with Crippen molar-refractivity contribution < 1.29 is 56.7 Å². The van der Waals surface area contributed by atoms with Crippen LogP contribution in [0.3, 0.4) is 0 Å². The molecule has 0 saturated carbocycles. The molecule has 0 aliphatic heterocycles. The van der Waals surface area contributed by atoms with Crippen LogP contribution in [0, 0.1) is 0 Å². The maximum atomic E-state index is 11.2. The lowest BCUT2D eigenvalue weighted by Gasteiger charge is -2.34. The largest absolute Gasteiger partial charge is 0.780 e. The first kappa shape index (κ1) is 25.5. The molecular formula is C18H18O12P2-4. The quantitative estimate of drug-likeness (QED) is 0.330. The molecule has 0 radical (unpaired) electrons. The Labute approximate surface area is 183 Å². The third-order valence-electron chi connectivity index (χ3n) is 3.87. The molecule has 2 aromatic rings. The predicted octanol–water partition coefficient (Wildman–Crippen LogP) is 0.306. The van der Waals surface area contributed by atoms with E-state index in [4.69, 9.17) is 18.9 Å². The summed E-state index contributed by atoms with van der Waals surface area (Å²) in [6.07, 6.45) is 2.72. The van der Waals surface area contributed by atoms with E-state index in [-0.39, 0.29) is 11.3 Å². The molecule has 14 heteroatoms. The first-order chi connectivity index (χ1) is 14.9. The van der Waals surface area contributed by atoms with Crippen LogP contribution in [-0.2, 0) is 9.13 Å². The maximum Gasteiger partial charge on any atom is 0.208 e. The molecule has 0 saturated heterocycles. The summed E-state index contributed by atoms with van der Waals surface area (Å²) in [5.41, 5.74) is 0.365. The third-order valence-corrected chi connectivity index (χ3v) is 4.69. The summed E-state index contributed by atoms with van der Waals surface area (Å²) in [7, 11) is -6.01. The molecule has 0 spiro atoms. The van der Waals surface area contributed by atoms with E-state index < -0.39 is 27.1 Å². The van der Waals surface area contributed by atoms with Gasteiger partial charge in [0.1, 0.15) is 15.6 Å². The second-order valence-corrected chi connectivity index (χ2v) is 8.04. The standard InChI is InChI=1S/C18H22O12P2/c1-25-13-8-7-12(16(29-31(19,20)21)18(13)30-32(22,23)24)6-5-11-9-14(26-2)17(28-4)15(10-11)27-3/h5-10H,1-4H3,(H2,19,20,21)(H2,22,23,24)/p-4/b6-5-. The van der Waals surface area contributed by atoms with Gasteiger partial charge in [-0.25, -0.2) is 0 Å². The second kappa shape index (κ2) is 10.3. The van der Waals surface area contributed by atoms with Crippen molar-refractivity contribution in [3.8, 4) is 34.5 Å². The molecule has 12 nitrogen and oxygen atoms in total. The lowest BCUT2D eigenvalue weighted by molar-refractivity contribution is -0.337. The molecule has 32 heavy (non-hydrogen) atoms. The number of methoxy groups -OCH3 is 4. The van der Waals surface area contributed by atoms with Crippen molar-refractivity contribution in [3.05, 3.63) is 35.4 Å². The van der Waals surface area contributed by atoms with Crippen molar-refractivity contribution in [2.24, 2.45) is 0 Å². The zero-order valence-corrected chi connectivity index (χ0v) is 19.0. The summed E-state index contributed by atoms with van der Waals surface area (Å²) >= 11 is 0. The Kier molecular flexibility index (Phi) is 8.19. The van der Waals surface area contributed by atoms with E-state index in [2.05, 4.69) is 9.05 Å². The Bertz CT molecular complexity index is 1060. The van der Waals surface area contributed by atoms with Gasteiger partial charge in [0.25, 0.3) is 0 Å². The lowest BCUT2D eigenvalue weighted by atomic mass is 10.1. The number of hydrogen-bond donors (Lipinski definition) is 0. The van der Waals surface area contributed by atoms with E-state index in [0.29, 0.717) is 22.8 Å². The van der Waals surface area contributed by atoms with Crippen LogP contribution in [0.15, 0.2) is 24.3 Å². The minimum Gasteiger partial charge on any atom is -0.780 e. The van der Waals surface area contributed by atoms with Crippen molar-refractivity contribution in [2.45, 2.75) is 0 Å². The summed E-state index contributed by atoms with van der Waals surface area (Å²) < 4.78 is 51.7. The molecule has 0 amide bonds. The average molecular weight is 488 g/mol. The SMILES string of the molecule is COc1cc(/C=C\c2ccc(OC)c(OP(=O)([O-])[O-])c2OP(=O)([O-])[O-])cc(OC)c1OC. The molecule has 0 atom stereocenters. The first-order valence-corrected chi connectivity index (χ1v) is 11.5. The lowest BCUT2D eigenvalue weighted by Crippen LogP contribution is -2.21. The summed E-state index contributed by atoms with van der Waals surface area (Å²) in [6.45, 7) is 0. The highest BCUT2D eigenvalue weighted by molar-refractivity contribution is 7.44. The Morgan fingerprint density at radius 1 is 0.656 bits per heavy atom. The minimum atomic E-state index is -5.69. The van der Waals surface area contributed by atoms with E-state index in [1.54, 1.807) is 12.1 Å². The molecule has 0 aliphatic carbocycles. The monoisotopic (exact) mass is 488 g/mol. The highest BCUT2D eigenvalue weighted by atomic mass is 31.2. The van der Waals surface area contributed by atoms with Gasteiger partial charge in [-0.2, -0.15) is 0 Å².